The topological polar surface area (TPSA) is 111 Å². The van der Waals surface area contributed by atoms with Crippen molar-refractivity contribution in [1.29, 1.82) is 0 Å². The van der Waals surface area contributed by atoms with Gasteiger partial charge in [0.25, 0.3) is 7.82 Å². The minimum Gasteiger partial charge on any atom is -0.756 e. The first-order chi connectivity index (χ1) is 39.0. The second-order valence-electron chi connectivity index (χ2n) is 21.7. The van der Waals surface area contributed by atoms with Crippen LogP contribution in [0, 0.1) is 0 Å². The number of hydrogen-bond donors (Lipinski definition) is 0. The molecule has 2 atom stereocenters. The Morgan fingerprint density at radius 1 is 0.400 bits per heavy atom. The highest BCUT2D eigenvalue weighted by atomic mass is 31.2. The van der Waals surface area contributed by atoms with E-state index in [-0.39, 0.29) is 26.1 Å². The average Bonchev–Trinajstić information content (AvgIpc) is 3.42. The molecule has 0 amide bonds. The summed E-state index contributed by atoms with van der Waals surface area (Å²) in [4.78, 5) is 38.0. The first-order valence-corrected chi connectivity index (χ1v) is 33.0. The van der Waals surface area contributed by atoms with Crippen molar-refractivity contribution in [2.75, 3.05) is 47.5 Å². The maximum absolute atomic E-state index is 12.8. The van der Waals surface area contributed by atoms with Crippen LogP contribution in [-0.2, 0) is 32.7 Å². The van der Waals surface area contributed by atoms with Crippen molar-refractivity contribution in [3.63, 3.8) is 0 Å². The SMILES string of the molecule is CC/C=C\C/C=C\C/C=C\C/C=C\C/C=C\C/C=C\C/C=C\C/C=C\C/C=C\CCCCCC(=O)OC(COC(=O)CCCCCCCCCCCC/C=C\C/C=C\C/C=C\CCCCCCC)COP(=O)([O-])OCC[N+](C)(C)C. The van der Waals surface area contributed by atoms with Gasteiger partial charge < -0.3 is 27.9 Å². The highest BCUT2D eigenvalue weighted by molar-refractivity contribution is 7.45. The number of rotatable bonds is 56. The van der Waals surface area contributed by atoms with E-state index in [1.807, 2.05) is 21.1 Å². The lowest BCUT2D eigenvalue weighted by atomic mass is 10.1. The number of quaternary nitrogens is 1. The molecule has 2 unspecified atom stereocenters. The van der Waals surface area contributed by atoms with Gasteiger partial charge >= 0.3 is 11.9 Å². The molecular weight excluding hydrogens is 1010 g/mol. The number of phosphoric acid groups is 1. The molecular formula is C70H116NO8P. The molecule has 0 saturated heterocycles. The summed E-state index contributed by atoms with van der Waals surface area (Å²) in [6, 6.07) is 0. The normalized spacial score (nSPS) is 14.2. The summed E-state index contributed by atoms with van der Waals surface area (Å²) in [5.74, 6) is -0.886. The van der Waals surface area contributed by atoms with Gasteiger partial charge in [-0.25, -0.2) is 0 Å². The Bertz CT molecular complexity index is 1860. The van der Waals surface area contributed by atoms with E-state index in [1.165, 1.54) is 77.0 Å². The molecule has 9 nitrogen and oxygen atoms in total. The molecule has 0 aromatic heterocycles. The fraction of sp³-hybridized carbons (Fsp3) is 0.629. The Morgan fingerprint density at radius 2 is 0.713 bits per heavy atom. The molecule has 80 heavy (non-hydrogen) atoms. The molecule has 0 aromatic carbocycles. The van der Waals surface area contributed by atoms with Gasteiger partial charge in [0.1, 0.15) is 19.8 Å². The second-order valence-corrected chi connectivity index (χ2v) is 23.1. The van der Waals surface area contributed by atoms with Crippen LogP contribution in [0.3, 0.4) is 0 Å². The largest absolute Gasteiger partial charge is 0.756 e. The van der Waals surface area contributed by atoms with Gasteiger partial charge in [0, 0.05) is 12.8 Å². The van der Waals surface area contributed by atoms with Gasteiger partial charge in [0.2, 0.25) is 0 Å². The summed E-state index contributed by atoms with van der Waals surface area (Å²) in [5, 5.41) is 0. The van der Waals surface area contributed by atoms with Crippen LogP contribution in [0.4, 0.5) is 0 Å². The number of allylic oxidation sites excluding steroid dienone is 24. The molecule has 0 aromatic rings. The van der Waals surface area contributed by atoms with Crippen LogP contribution in [-0.4, -0.2) is 70.0 Å². The van der Waals surface area contributed by atoms with Crippen molar-refractivity contribution in [3.8, 4) is 0 Å². The monoisotopic (exact) mass is 1130 g/mol. The van der Waals surface area contributed by atoms with Crippen LogP contribution >= 0.6 is 7.82 Å². The predicted molar refractivity (Wildman–Crippen MR) is 341 cm³/mol. The van der Waals surface area contributed by atoms with Crippen molar-refractivity contribution >= 4 is 19.8 Å². The van der Waals surface area contributed by atoms with Gasteiger partial charge in [-0.15, -0.1) is 0 Å². The number of carbonyl (C=O) groups excluding carboxylic acids is 2. The van der Waals surface area contributed by atoms with Gasteiger partial charge in [0.15, 0.2) is 6.10 Å². The lowest BCUT2D eigenvalue weighted by molar-refractivity contribution is -0.870. The number of carbonyl (C=O) groups is 2. The van der Waals surface area contributed by atoms with Gasteiger partial charge in [-0.05, 0) is 122 Å². The molecule has 0 heterocycles. The van der Waals surface area contributed by atoms with Crippen molar-refractivity contribution in [3.05, 3.63) is 146 Å². The Morgan fingerprint density at radius 3 is 1.07 bits per heavy atom. The molecule has 0 radical (unpaired) electrons. The van der Waals surface area contributed by atoms with E-state index >= 15 is 0 Å². The lowest BCUT2D eigenvalue weighted by Gasteiger charge is -2.28. The highest BCUT2D eigenvalue weighted by Crippen LogP contribution is 2.38. The van der Waals surface area contributed by atoms with E-state index in [9.17, 15) is 19.0 Å². The van der Waals surface area contributed by atoms with E-state index in [1.54, 1.807) is 0 Å². The van der Waals surface area contributed by atoms with Crippen LogP contribution in [0.5, 0.6) is 0 Å². The molecule has 0 aliphatic rings. The van der Waals surface area contributed by atoms with Crippen molar-refractivity contribution in [2.24, 2.45) is 0 Å². The summed E-state index contributed by atoms with van der Waals surface area (Å²) < 4.78 is 34.2. The summed E-state index contributed by atoms with van der Waals surface area (Å²) >= 11 is 0. The predicted octanol–water partition coefficient (Wildman–Crippen LogP) is 19.6. The fourth-order valence-corrected chi connectivity index (χ4v) is 8.74. The minimum absolute atomic E-state index is 0.0468. The Kier molecular flexibility index (Phi) is 56.5. The summed E-state index contributed by atoms with van der Waals surface area (Å²) in [6.45, 7) is 4.06. The van der Waals surface area contributed by atoms with Gasteiger partial charge in [-0.3, -0.25) is 14.2 Å². The fourth-order valence-electron chi connectivity index (χ4n) is 8.01. The lowest BCUT2D eigenvalue weighted by Crippen LogP contribution is -2.37. The standard InChI is InChI=1S/C70H116NO8P/c1-6-8-10-12-14-16-18-20-22-24-26-28-30-32-33-34-35-36-37-39-41-43-45-47-49-51-53-55-57-59-61-63-70(73)79-68(67-78-80(74,75)77-65-64-71(3,4)5)66-76-69(72)62-60-58-56-54-52-50-48-46-44-42-40-38-31-29-27-25-23-21-19-17-15-13-11-9-7-2/h8,10,14,16,19-22,25-28,31-33,35-36,38-39,41,45,47,51,53,68H,6-7,9,11-13,15,17-18,23-24,29-30,34,37,40,42-44,46,48-50,52,54-67H2,1-5H3/b10-8-,16-14-,21-19-,22-20-,27-25-,28-26-,33-32-,36-35-,38-31-,41-39-,47-45-,53-51-. The number of ether oxygens (including phenoxy) is 2. The smallest absolute Gasteiger partial charge is 0.306 e. The number of esters is 2. The Labute approximate surface area is 491 Å². The number of phosphoric ester groups is 1. The van der Waals surface area contributed by atoms with E-state index in [4.69, 9.17) is 18.5 Å². The molecule has 0 spiro atoms. The maximum atomic E-state index is 12.8. The molecule has 10 heteroatoms. The van der Waals surface area contributed by atoms with E-state index in [0.29, 0.717) is 23.9 Å². The summed E-state index contributed by atoms with van der Waals surface area (Å²) in [5.41, 5.74) is 0. The molecule has 0 aliphatic carbocycles. The van der Waals surface area contributed by atoms with Crippen molar-refractivity contribution < 1.29 is 42.1 Å². The minimum atomic E-state index is -4.66. The molecule has 454 valence electrons. The summed E-state index contributed by atoms with van der Waals surface area (Å²) in [7, 11) is 1.12. The first-order valence-electron chi connectivity index (χ1n) is 31.5. The van der Waals surface area contributed by atoms with Crippen LogP contribution in [0.2, 0.25) is 0 Å². The Hall–Kier alpha value is -4.11. The number of hydrogen-bond acceptors (Lipinski definition) is 8. The zero-order chi connectivity index (χ0) is 58.4. The number of likely N-dealkylation sites (N-methyl/N-ethyl adjacent to an activating group) is 1. The van der Waals surface area contributed by atoms with Gasteiger partial charge in [0.05, 0.1) is 27.7 Å². The molecule has 0 bridgehead atoms. The molecule has 0 N–H and O–H groups in total. The summed E-state index contributed by atoms with van der Waals surface area (Å²) in [6.07, 6.45) is 87.6. The van der Waals surface area contributed by atoms with Crippen LogP contribution < -0.4 is 4.89 Å². The zero-order valence-electron chi connectivity index (χ0n) is 51.5. The molecule has 0 fully saturated rings. The van der Waals surface area contributed by atoms with E-state index in [0.717, 1.165) is 116 Å². The Balaban J connectivity index is 4.27. The molecule has 0 aliphatic heterocycles. The quantitative estimate of drug-likeness (QED) is 0.0195. The third kappa shape index (κ3) is 63.1. The third-order valence-electron chi connectivity index (χ3n) is 12.8. The third-order valence-corrected chi connectivity index (χ3v) is 13.8. The molecule has 0 rings (SSSR count). The number of nitrogens with zero attached hydrogens (tertiary/aromatic N) is 1. The van der Waals surface area contributed by atoms with Crippen molar-refractivity contribution in [2.45, 2.75) is 238 Å². The van der Waals surface area contributed by atoms with Gasteiger partial charge in [-0.2, -0.15) is 0 Å². The average molecular weight is 1130 g/mol. The first kappa shape index (κ1) is 75.9. The molecule has 0 saturated carbocycles. The van der Waals surface area contributed by atoms with Crippen LogP contribution in [0.25, 0.3) is 0 Å². The zero-order valence-corrected chi connectivity index (χ0v) is 52.4. The van der Waals surface area contributed by atoms with Gasteiger partial charge in [-0.1, -0.05) is 243 Å². The van der Waals surface area contributed by atoms with E-state index in [2.05, 4.69) is 160 Å². The highest BCUT2D eigenvalue weighted by Gasteiger charge is 2.22. The van der Waals surface area contributed by atoms with Crippen LogP contribution in [0.1, 0.15) is 232 Å². The van der Waals surface area contributed by atoms with Crippen molar-refractivity contribution in [1.82, 2.24) is 0 Å². The number of unbranched alkanes of at least 4 members (excludes halogenated alkanes) is 18. The van der Waals surface area contributed by atoms with E-state index < -0.39 is 32.5 Å². The van der Waals surface area contributed by atoms with Crippen LogP contribution in [0.15, 0.2) is 146 Å². The maximum Gasteiger partial charge on any atom is 0.306 e. The second kappa shape index (κ2) is 59.5.